The number of carbonyl (C=O) groups is 3. The van der Waals surface area contributed by atoms with Gasteiger partial charge in [0.05, 0.1) is 0 Å². The van der Waals surface area contributed by atoms with Crippen molar-refractivity contribution >= 4 is 23.3 Å². The van der Waals surface area contributed by atoms with Gasteiger partial charge in [-0.25, -0.2) is 4.68 Å². The van der Waals surface area contributed by atoms with E-state index in [0.29, 0.717) is 11.3 Å². The van der Waals surface area contributed by atoms with Crippen LogP contribution in [0.5, 0.6) is 0 Å². The first-order valence-electron chi connectivity index (χ1n) is 6.78. The molecule has 120 valence electrons. The average molecular weight is 317 g/mol. The van der Waals surface area contributed by atoms with Crippen molar-refractivity contribution < 1.29 is 19.1 Å². The summed E-state index contributed by atoms with van der Waals surface area (Å²) in [7, 11) is 0. The Bertz CT molecular complexity index is 696. The number of anilines is 1. The summed E-state index contributed by atoms with van der Waals surface area (Å²) in [6, 6.07) is 6.41. The number of hydrogen-bond donors (Lipinski definition) is 1. The van der Waals surface area contributed by atoms with Gasteiger partial charge in [0.2, 0.25) is 0 Å². The highest BCUT2D eigenvalue weighted by atomic mass is 16.5. The molecular formula is C14H15N5O4. The zero-order chi connectivity index (χ0) is 16.8. The molecule has 0 aliphatic heterocycles. The van der Waals surface area contributed by atoms with Crippen molar-refractivity contribution in [3.05, 3.63) is 36.2 Å². The third-order valence-corrected chi connectivity index (χ3v) is 2.92. The van der Waals surface area contributed by atoms with Gasteiger partial charge in [-0.1, -0.05) is 0 Å². The number of nitrogens with one attached hydrogen (secondary N) is 1. The van der Waals surface area contributed by atoms with E-state index in [9.17, 15) is 14.4 Å². The molecule has 1 amide bonds. The Labute approximate surface area is 131 Å². The summed E-state index contributed by atoms with van der Waals surface area (Å²) in [6.45, 7) is 2.73. The van der Waals surface area contributed by atoms with Gasteiger partial charge in [0, 0.05) is 11.3 Å². The summed E-state index contributed by atoms with van der Waals surface area (Å²) in [6.07, 6.45) is 0.286. The number of ether oxygens (including phenoxy) is 1. The van der Waals surface area contributed by atoms with Gasteiger partial charge in [0.1, 0.15) is 12.9 Å². The number of aromatic nitrogens is 4. The molecule has 0 saturated carbocycles. The van der Waals surface area contributed by atoms with E-state index in [2.05, 4.69) is 20.8 Å². The number of rotatable bonds is 6. The first-order chi connectivity index (χ1) is 11.0. The summed E-state index contributed by atoms with van der Waals surface area (Å²) in [5.41, 5.74) is 1.05. The van der Waals surface area contributed by atoms with Crippen LogP contribution in [-0.4, -0.2) is 44.0 Å². The minimum Gasteiger partial charge on any atom is -0.451 e. The molecule has 0 aliphatic carbocycles. The molecule has 1 N–H and O–H groups in total. The lowest BCUT2D eigenvalue weighted by molar-refractivity contribution is -0.153. The van der Waals surface area contributed by atoms with E-state index in [0.717, 1.165) is 0 Å². The van der Waals surface area contributed by atoms with Crippen molar-refractivity contribution in [2.75, 3.05) is 5.32 Å². The molecule has 23 heavy (non-hydrogen) atoms. The van der Waals surface area contributed by atoms with Crippen molar-refractivity contribution in [1.29, 1.82) is 0 Å². The van der Waals surface area contributed by atoms with E-state index in [1.54, 1.807) is 24.3 Å². The Kier molecular flexibility index (Phi) is 5.13. The molecule has 0 spiro atoms. The quantitative estimate of drug-likeness (QED) is 0.607. The van der Waals surface area contributed by atoms with Crippen LogP contribution in [0.2, 0.25) is 0 Å². The summed E-state index contributed by atoms with van der Waals surface area (Å²) in [5.74, 6) is -1.18. The maximum Gasteiger partial charge on any atom is 0.328 e. The molecular weight excluding hydrogens is 302 g/mol. The van der Waals surface area contributed by atoms with Gasteiger partial charge in [0.15, 0.2) is 11.9 Å². The maximum atomic E-state index is 12.0. The number of ketones is 1. The molecule has 9 heteroatoms. The highest BCUT2D eigenvalue weighted by Crippen LogP contribution is 2.11. The Morgan fingerprint density at radius 2 is 1.96 bits per heavy atom. The number of hydrogen-bond acceptors (Lipinski definition) is 7. The second-order valence-electron chi connectivity index (χ2n) is 4.76. The van der Waals surface area contributed by atoms with Gasteiger partial charge in [-0.2, -0.15) is 0 Å². The molecule has 0 saturated heterocycles. The lowest BCUT2D eigenvalue weighted by Crippen LogP contribution is -2.31. The summed E-state index contributed by atoms with van der Waals surface area (Å²) < 4.78 is 6.19. The van der Waals surface area contributed by atoms with E-state index in [-0.39, 0.29) is 12.3 Å². The molecule has 1 aromatic heterocycles. The molecule has 0 radical (unpaired) electrons. The summed E-state index contributed by atoms with van der Waals surface area (Å²) >= 11 is 0. The number of Topliss-reactive ketones (excluding diaryl/α,β-unsaturated/α-hetero) is 1. The average Bonchev–Trinajstić information content (AvgIpc) is 3.00. The van der Waals surface area contributed by atoms with E-state index in [4.69, 9.17) is 4.74 Å². The molecule has 0 aliphatic rings. The lowest BCUT2D eigenvalue weighted by atomic mass is 10.1. The summed E-state index contributed by atoms with van der Waals surface area (Å²) in [5, 5.41) is 12.9. The minimum atomic E-state index is -0.980. The first-order valence-corrected chi connectivity index (χ1v) is 6.78. The van der Waals surface area contributed by atoms with Gasteiger partial charge >= 0.3 is 5.97 Å². The van der Waals surface area contributed by atoms with Crippen LogP contribution in [0.4, 0.5) is 5.69 Å². The smallest absolute Gasteiger partial charge is 0.328 e. The van der Waals surface area contributed by atoms with E-state index in [1.807, 2.05) is 0 Å². The Morgan fingerprint density at radius 3 is 2.52 bits per heavy atom. The molecule has 1 aromatic carbocycles. The van der Waals surface area contributed by atoms with Crippen LogP contribution in [0.15, 0.2) is 30.6 Å². The van der Waals surface area contributed by atoms with E-state index >= 15 is 0 Å². The number of benzene rings is 1. The third-order valence-electron chi connectivity index (χ3n) is 2.92. The summed E-state index contributed by atoms with van der Waals surface area (Å²) in [4.78, 5) is 34.8. The Morgan fingerprint density at radius 1 is 1.26 bits per heavy atom. The number of nitrogens with zero attached hydrogens (tertiary/aromatic N) is 4. The topological polar surface area (TPSA) is 116 Å². The molecule has 2 aromatic rings. The van der Waals surface area contributed by atoms with Crippen LogP contribution in [0.25, 0.3) is 0 Å². The Hall–Kier alpha value is -3.10. The fourth-order valence-electron chi connectivity index (χ4n) is 1.71. The molecule has 1 atom stereocenters. The van der Waals surface area contributed by atoms with Crippen LogP contribution in [0.3, 0.4) is 0 Å². The Balaban J connectivity index is 1.86. The normalized spacial score (nSPS) is 11.6. The van der Waals surface area contributed by atoms with E-state index < -0.39 is 18.0 Å². The zero-order valence-electron chi connectivity index (χ0n) is 12.6. The van der Waals surface area contributed by atoms with Crippen LogP contribution in [0.1, 0.15) is 24.2 Å². The molecule has 9 nitrogen and oxygen atoms in total. The fraction of sp³-hybridized carbons (Fsp3) is 0.286. The van der Waals surface area contributed by atoms with Crippen molar-refractivity contribution in [1.82, 2.24) is 20.2 Å². The van der Waals surface area contributed by atoms with Crippen molar-refractivity contribution in [2.24, 2.45) is 0 Å². The second-order valence-corrected chi connectivity index (χ2v) is 4.76. The molecule has 0 fully saturated rings. The van der Waals surface area contributed by atoms with Crippen LogP contribution in [-0.2, 0) is 20.9 Å². The first kappa shape index (κ1) is 16.3. The maximum absolute atomic E-state index is 12.0. The minimum absolute atomic E-state index is 0.0622. The van der Waals surface area contributed by atoms with Crippen molar-refractivity contribution in [2.45, 2.75) is 26.5 Å². The molecule has 0 unspecified atom stereocenters. The van der Waals surface area contributed by atoms with Crippen LogP contribution >= 0.6 is 0 Å². The number of carbonyl (C=O) groups excluding carboxylic acids is 3. The van der Waals surface area contributed by atoms with Gasteiger partial charge in [0.25, 0.3) is 5.91 Å². The monoisotopic (exact) mass is 317 g/mol. The molecule has 1 heterocycles. The van der Waals surface area contributed by atoms with Gasteiger partial charge < -0.3 is 10.1 Å². The van der Waals surface area contributed by atoms with Gasteiger partial charge in [-0.3, -0.25) is 14.4 Å². The highest BCUT2D eigenvalue weighted by molar-refractivity contribution is 5.97. The number of esters is 1. The van der Waals surface area contributed by atoms with Gasteiger partial charge in [-0.15, -0.1) is 5.10 Å². The van der Waals surface area contributed by atoms with Crippen LogP contribution in [0, 0.1) is 0 Å². The number of amides is 1. The predicted molar refractivity (Wildman–Crippen MR) is 78.4 cm³/mol. The van der Waals surface area contributed by atoms with E-state index in [1.165, 1.54) is 24.9 Å². The zero-order valence-corrected chi connectivity index (χ0v) is 12.6. The van der Waals surface area contributed by atoms with Gasteiger partial charge in [-0.05, 0) is 48.5 Å². The standard InChI is InChI=1S/C14H15N5O4/c1-9(20)11-3-5-12(6-4-11)16-14(22)10(2)23-13(21)7-19-8-15-17-18-19/h3-6,8,10H,7H2,1-2H3,(H,16,22)/t10-/m1/s1. The lowest BCUT2D eigenvalue weighted by Gasteiger charge is -2.13. The number of tetrazole rings is 1. The molecule has 0 bridgehead atoms. The van der Waals surface area contributed by atoms with Crippen molar-refractivity contribution in [3.8, 4) is 0 Å². The van der Waals surface area contributed by atoms with Crippen molar-refractivity contribution in [3.63, 3.8) is 0 Å². The van der Waals surface area contributed by atoms with Crippen LogP contribution < -0.4 is 5.32 Å². The SMILES string of the molecule is CC(=O)c1ccc(NC(=O)[C@@H](C)OC(=O)Cn2cnnn2)cc1. The largest absolute Gasteiger partial charge is 0.451 e. The third kappa shape index (κ3) is 4.70. The second kappa shape index (κ2) is 7.25. The fourth-order valence-corrected chi connectivity index (χ4v) is 1.71. The predicted octanol–water partition coefficient (Wildman–Crippen LogP) is 0.446. The molecule has 2 rings (SSSR count). The highest BCUT2D eigenvalue weighted by Gasteiger charge is 2.18.